The summed E-state index contributed by atoms with van der Waals surface area (Å²) in [6.07, 6.45) is 3.14. The van der Waals surface area contributed by atoms with Crippen LogP contribution in [0.2, 0.25) is 0 Å². The molecule has 6 rings (SSSR count). The number of thiophene rings is 1. The fourth-order valence-corrected chi connectivity index (χ4v) is 6.16. The number of nitrogens with one attached hydrogen (secondary N) is 2. The number of hydrogen-bond acceptors (Lipinski definition) is 4. The predicted octanol–water partition coefficient (Wildman–Crippen LogP) is 9.16. The molecule has 4 nitrogen and oxygen atoms in total. The van der Waals surface area contributed by atoms with Gasteiger partial charge in [-0.3, -0.25) is 0 Å². The summed E-state index contributed by atoms with van der Waals surface area (Å²) in [5.74, 6) is 2.33. The van der Waals surface area contributed by atoms with E-state index in [9.17, 15) is 0 Å². The number of allylic oxidation sites excluding steroid dienone is 2. The summed E-state index contributed by atoms with van der Waals surface area (Å²) < 4.78 is 7.48. The van der Waals surface area contributed by atoms with Gasteiger partial charge in [0, 0.05) is 33.1 Å². The van der Waals surface area contributed by atoms with Crippen LogP contribution in [0.4, 0.5) is 5.69 Å². The van der Waals surface area contributed by atoms with Crippen LogP contribution in [0.5, 0.6) is 5.75 Å². The predicted molar refractivity (Wildman–Crippen MR) is 153 cm³/mol. The van der Waals surface area contributed by atoms with Gasteiger partial charge in [0.2, 0.25) is 0 Å². The molecule has 3 aromatic carbocycles. The molecule has 0 spiro atoms. The van der Waals surface area contributed by atoms with Crippen molar-refractivity contribution in [1.82, 2.24) is 9.97 Å². The molecule has 1 aliphatic rings. The molecule has 0 unspecified atom stereocenters. The second kappa shape index (κ2) is 8.82. The maximum absolute atomic E-state index is 6.29. The molecule has 0 amide bonds. The van der Waals surface area contributed by atoms with E-state index in [1.54, 1.807) is 11.3 Å². The number of H-pyrrole nitrogens is 1. The van der Waals surface area contributed by atoms with E-state index >= 15 is 0 Å². The van der Waals surface area contributed by atoms with Crippen molar-refractivity contribution in [3.05, 3.63) is 77.4 Å². The third-order valence-corrected chi connectivity index (χ3v) is 8.33. The smallest absolute Gasteiger partial charge is 0.147 e. The molecule has 0 fully saturated rings. The molecule has 0 saturated heterocycles. The minimum absolute atomic E-state index is 0.357. The van der Waals surface area contributed by atoms with Gasteiger partial charge in [0.25, 0.3) is 0 Å². The highest BCUT2D eigenvalue weighted by molar-refractivity contribution is 7.22. The van der Waals surface area contributed by atoms with E-state index in [0.717, 1.165) is 34.9 Å². The normalized spacial score (nSPS) is 13.2. The Kier molecular flexibility index (Phi) is 5.60. The number of benzene rings is 3. The summed E-state index contributed by atoms with van der Waals surface area (Å²) in [5.41, 5.74) is 8.11. The number of aromatic nitrogens is 2. The lowest BCUT2D eigenvalue weighted by atomic mass is 10.0. The fourth-order valence-electron chi connectivity index (χ4n) is 5.01. The number of rotatable bonds is 5. The molecular formula is C31H31N3OS. The summed E-state index contributed by atoms with van der Waals surface area (Å²) in [4.78, 5) is 9.61. The van der Waals surface area contributed by atoms with Crippen LogP contribution in [0.25, 0.3) is 42.6 Å². The van der Waals surface area contributed by atoms with Gasteiger partial charge in [-0.2, -0.15) is 0 Å². The van der Waals surface area contributed by atoms with Crippen LogP contribution in [0.1, 0.15) is 57.1 Å². The van der Waals surface area contributed by atoms with Crippen molar-refractivity contribution < 1.29 is 4.74 Å². The second-order valence-electron chi connectivity index (χ2n) is 9.85. The molecule has 0 radical (unpaired) electrons. The quantitative estimate of drug-likeness (QED) is 0.257. The van der Waals surface area contributed by atoms with E-state index in [0.29, 0.717) is 12.5 Å². The van der Waals surface area contributed by atoms with E-state index in [2.05, 4.69) is 99.5 Å². The molecule has 0 bridgehead atoms. The third-order valence-electron chi connectivity index (χ3n) is 7.13. The largest absolute Gasteiger partial charge is 0.485 e. The number of imidazole rings is 1. The Morgan fingerprint density at radius 3 is 2.75 bits per heavy atom. The number of fused-ring (bicyclic) bond motifs is 6. The van der Waals surface area contributed by atoms with Crippen LogP contribution in [0, 0.1) is 6.92 Å². The van der Waals surface area contributed by atoms with Crippen molar-refractivity contribution >= 4 is 37.9 Å². The molecule has 36 heavy (non-hydrogen) atoms. The maximum Gasteiger partial charge on any atom is 0.147 e. The van der Waals surface area contributed by atoms with Gasteiger partial charge in [0.15, 0.2) is 0 Å². The molecule has 3 heterocycles. The Labute approximate surface area is 216 Å². The van der Waals surface area contributed by atoms with Crippen molar-refractivity contribution in [2.45, 2.75) is 53.6 Å². The Morgan fingerprint density at radius 2 is 1.97 bits per heavy atom. The van der Waals surface area contributed by atoms with E-state index < -0.39 is 0 Å². The lowest BCUT2D eigenvalue weighted by Gasteiger charge is -2.17. The summed E-state index contributed by atoms with van der Waals surface area (Å²) in [6, 6.07) is 17.9. The minimum Gasteiger partial charge on any atom is -0.485 e. The van der Waals surface area contributed by atoms with E-state index in [1.807, 2.05) is 0 Å². The van der Waals surface area contributed by atoms with Crippen LogP contribution >= 0.6 is 11.3 Å². The van der Waals surface area contributed by atoms with E-state index in [1.165, 1.54) is 48.2 Å². The number of nitrogens with zero attached hydrogens (tertiary/aromatic N) is 1. The van der Waals surface area contributed by atoms with Crippen LogP contribution in [0.15, 0.2) is 60.3 Å². The number of anilines is 1. The maximum atomic E-state index is 6.29. The van der Waals surface area contributed by atoms with Crippen molar-refractivity contribution in [2.75, 3.05) is 5.32 Å². The summed E-state index contributed by atoms with van der Waals surface area (Å²) >= 11 is 1.80. The topological polar surface area (TPSA) is 49.9 Å². The van der Waals surface area contributed by atoms with Gasteiger partial charge in [-0.25, -0.2) is 4.98 Å². The molecule has 2 N–H and O–H groups in total. The van der Waals surface area contributed by atoms with Crippen molar-refractivity contribution in [2.24, 2.45) is 0 Å². The first-order valence-electron chi connectivity index (χ1n) is 12.7. The van der Waals surface area contributed by atoms with Crippen molar-refractivity contribution in [3.63, 3.8) is 0 Å². The number of hydrogen-bond donors (Lipinski definition) is 2. The highest BCUT2D eigenvalue weighted by Gasteiger charge is 2.25. The Bertz CT molecular complexity index is 1650. The molecular weight excluding hydrogens is 462 g/mol. The number of aromatic amines is 1. The molecule has 182 valence electrons. The van der Waals surface area contributed by atoms with Gasteiger partial charge in [-0.05, 0) is 60.4 Å². The van der Waals surface area contributed by atoms with Gasteiger partial charge >= 0.3 is 0 Å². The number of ether oxygens (including phenoxy) is 1. The zero-order valence-corrected chi connectivity index (χ0v) is 22.3. The van der Waals surface area contributed by atoms with Crippen molar-refractivity contribution in [3.8, 4) is 27.4 Å². The SMILES string of the molecule is C/C=C(/CC)Nc1c(C)ccc2cc(-c3cc4ccc5c(c4s3)OCc3[nH]c(C(C)C)nc3-5)ccc12. The molecule has 1 aliphatic heterocycles. The first-order chi connectivity index (χ1) is 17.5. The molecule has 0 aliphatic carbocycles. The van der Waals surface area contributed by atoms with Gasteiger partial charge in [0.05, 0.1) is 16.1 Å². The second-order valence-corrected chi connectivity index (χ2v) is 10.9. The Balaban J connectivity index is 1.42. The summed E-state index contributed by atoms with van der Waals surface area (Å²) in [6.45, 7) is 11.3. The average molecular weight is 494 g/mol. The lowest BCUT2D eigenvalue weighted by Crippen LogP contribution is -2.05. The number of aryl methyl sites for hydroxylation is 1. The summed E-state index contributed by atoms with van der Waals surface area (Å²) in [5, 5.41) is 7.36. The minimum atomic E-state index is 0.357. The fraction of sp³-hybridized carbons (Fsp3) is 0.258. The van der Waals surface area contributed by atoms with Crippen molar-refractivity contribution in [1.29, 1.82) is 0 Å². The standard InChI is InChI=1S/C31H31N3OS/c1-6-22(7-2)32-27-18(5)8-9-19-14-20(10-12-23(19)27)26-15-21-11-13-24-28-25(33-31(34-28)17(3)4)16-35-29(24)30(21)36-26/h6,8-15,17,32H,7,16H2,1-5H3,(H,33,34)/b22-6-. The highest BCUT2D eigenvalue weighted by atomic mass is 32.1. The van der Waals surface area contributed by atoms with Gasteiger partial charge < -0.3 is 15.0 Å². The Morgan fingerprint density at radius 1 is 1.14 bits per heavy atom. The Hall–Kier alpha value is -3.57. The van der Waals surface area contributed by atoms with Crippen LogP contribution in [-0.2, 0) is 6.61 Å². The molecule has 5 aromatic rings. The van der Waals surface area contributed by atoms with E-state index in [4.69, 9.17) is 9.72 Å². The first kappa shape index (κ1) is 22.9. The first-order valence-corrected chi connectivity index (χ1v) is 13.5. The van der Waals surface area contributed by atoms with Gasteiger partial charge in [-0.15, -0.1) is 11.3 Å². The average Bonchev–Trinajstić information content (AvgIpc) is 3.53. The monoisotopic (exact) mass is 493 g/mol. The zero-order chi connectivity index (χ0) is 25.0. The zero-order valence-electron chi connectivity index (χ0n) is 21.5. The molecule has 0 saturated carbocycles. The van der Waals surface area contributed by atoms with Crippen LogP contribution in [-0.4, -0.2) is 9.97 Å². The molecule has 2 aromatic heterocycles. The van der Waals surface area contributed by atoms with Gasteiger partial charge in [-0.1, -0.05) is 57.2 Å². The molecule has 0 atom stereocenters. The van der Waals surface area contributed by atoms with Crippen LogP contribution < -0.4 is 10.1 Å². The lowest BCUT2D eigenvalue weighted by molar-refractivity contribution is 0.302. The third kappa shape index (κ3) is 3.70. The van der Waals surface area contributed by atoms with E-state index in [-0.39, 0.29) is 0 Å². The highest BCUT2D eigenvalue weighted by Crippen LogP contribution is 2.47. The van der Waals surface area contributed by atoms with Crippen LogP contribution in [0.3, 0.4) is 0 Å². The van der Waals surface area contributed by atoms with Gasteiger partial charge in [0.1, 0.15) is 18.2 Å². The summed E-state index contributed by atoms with van der Waals surface area (Å²) in [7, 11) is 0. The molecule has 5 heteroatoms.